The highest BCUT2D eigenvalue weighted by molar-refractivity contribution is 5.96. The monoisotopic (exact) mass is 218 g/mol. The number of nitrogens with zero attached hydrogens (tertiary/aromatic N) is 1. The lowest BCUT2D eigenvalue weighted by Crippen LogP contribution is -2.41. The number of ether oxygens (including phenoxy) is 1. The number of amidine groups is 1. The lowest BCUT2D eigenvalue weighted by molar-refractivity contribution is 0.0998. The average Bonchev–Trinajstić information content (AvgIpc) is 2.75. The topological polar surface area (TPSA) is 36.3 Å². The second kappa shape index (κ2) is 4.66. The molecular formula is C13H18N2O. The summed E-state index contributed by atoms with van der Waals surface area (Å²) in [5.74, 6) is 0.572. The zero-order chi connectivity index (χ0) is 11.5. The highest BCUT2D eigenvalue weighted by atomic mass is 16.5. The maximum absolute atomic E-state index is 8.16. The van der Waals surface area contributed by atoms with Crippen LogP contribution in [0.1, 0.15) is 18.9 Å². The standard InChI is InChI=1S/C13H18N2O/c1-10-12(8-9-16-10)15(2)13(14)11-6-4-3-5-7-11/h3-7,10,12,14H,8-9H2,1-2H3. The van der Waals surface area contributed by atoms with Crippen molar-refractivity contribution in [1.82, 2.24) is 4.90 Å². The lowest BCUT2D eigenvalue weighted by atomic mass is 10.1. The normalized spacial score (nSPS) is 24.4. The minimum absolute atomic E-state index is 0.217. The lowest BCUT2D eigenvalue weighted by Gasteiger charge is -2.29. The third-order valence-electron chi connectivity index (χ3n) is 3.23. The van der Waals surface area contributed by atoms with Crippen LogP contribution in [0.5, 0.6) is 0 Å². The maximum atomic E-state index is 8.16. The molecule has 1 aliphatic rings. The van der Waals surface area contributed by atoms with E-state index in [0.29, 0.717) is 11.9 Å². The Bertz CT molecular complexity index is 363. The molecule has 2 atom stereocenters. The van der Waals surface area contributed by atoms with Gasteiger partial charge in [0, 0.05) is 19.2 Å². The molecule has 1 aliphatic heterocycles. The van der Waals surface area contributed by atoms with E-state index in [1.54, 1.807) is 0 Å². The molecule has 3 nitrogen and oxygen atoms in total. The van der Waals surface area contributed by atoms with Crippen LogP contribution in [-0.2, 0) is 4.74 Å². The average molecular weight is 218 g/mol. The van der Waals surface area contributed by atoms with Crippen molar-refractivity contribution in [2.75, 3.05) is 13.7 Å². The van der Waals surface area contributed by atoms with Gasteiger partial charge in [-0.3, -0.25) is 5.41 Å². The SMILES string of the molecule is CC1OCCC1N(C)C(=N)c1ccccc1. The van der Waals surface area contributed by atoms with E-state index >= 15 is 0 Å². The Kier molecular flexibility index (Phi) is 3.25. The molecule has 16 heavy (non-hydrogen) atoms. The Morgan fingerprint density at radius 2 is 2.06 bits per heavy atom. The third kappa shape index (κ3) is 2.09. The summed E-state index contributed by atoms with van der Waals surface area (Å²) < 4.78 is 5.53. The fourth-order valence-corrected chi connectivity index (χ4v) is 2.19. The van der Waals surface area contributed by atoms with Crippen molar-refractivity contribution < 1.29 is 4.74 Å². The Hall–Kier alpha value is -1.35. The molecule has 0 saturated carbocycles. The Balaban J connectivity index is 2.10. The molecule has 86 valence electrons. The zero-order valence-electron chi connectivity index (χ0n) is 9.81. The quantitative estimate of drug-likeness (QED) is 0.609. The fraction of sp³-hybridized carbons (Fsp3) is 0.462. The molecular weight excluding hydrogens is 200 g/mol. The zero-order valence-corrected chi connectivity index (χ0v) is 9.81. The molecule has 1 saturated heterocycles. The highest BCUT2D eigenvalue weighted by Gasteiger charge is 2.29. The van der Waals surface area contributed by atoms with E-state index in [1.165, 1.54) is 0 Å². The molecule has 0 spiro atoms. The van der Waals surface area contributed by atoms with E-state index in [-0.39, 0.29) is 6.10 Å². The summed E-state index contributed by atoms with van der Waals surface area (Å²) >= 11 is 0. The smallest absolute Gasteiger partial charge is 0.128 e. The second-order valence-corrected chi connectivity index (χ2v) is 4.26. The van der Waals surface area contributed by atoms with Gasteiger partial charge in [0.05, 0.1) is 12.1 Å². The largest absolute Gasteiger partial charge is 0.376 e. The van der Waals surface area contributed by atoms with Gasteiger partial charge < -0.3 is 9.64 Å². The van der Waals surface area contributed by atoms with Crippen LogP contribution in [0.15, 0.2) is 30.3 Å². The van der Waals surface area contributed by atoms with Gasteiger partial charge in [0.25, 0.3) is 0 Å². The minimum atomic E-state index is 0.217. The highest BCUT2D eigenvalue weighted by Crippen LogP contribution is 2.19. The summed E-state index contributed by atoms with van der Waals surface area (Å²) in [4.78, 5) is 2.02. The number of nitrogens with one attached hydrogen (secondary N) is 1. The molecule has 1 heterocycles. The molecule has 1 fully saturated rings. The number of likely N-dealkylation sites (N-methyl/N-ethyl adjacent to an activating group) is 1. The molecule has 1 N–H and O–H groups in total. The van der Waals surface area contributed by atoms with Gasteiger partial charge in [-0.1, -0.05) is 30.3 Å². The summed E-state index contributed by atoms with van der Waals surface area (Å²) in [5.41, 5.74) is 0.962. The molecule has 0 radical (unpaired) electrons. The van der Waals surface area contributed by atoms with E-state index in [1.807, 2.05) is 42.3 Å². The van der Waals surface area contributed by atoms with Crippen LogP contribution in [-0.4, -0.2) is 36.5 Å². The second-order valence-electron chi connectivity index (χ2n) is 4.26. The summed E-state index contributed by atoms with van der Waals surface area (Å²) in [6.45, 7) is 2.88. The first-order valence-electron chi connectivity index (χ1n) is 5.68. The molecule has 2 rings (SSSR count). The summed E-state index contributed by atoms with van der Waals surface area (Å²) in [7, 11) is 1.98. The molecule has 1 aromatic rings. The van der Waals surface area contributed by atoms with Crippen molar-refractivity contribution in [3.8, 4) is 0 Å². The van der Waals surface area contributed by atoms with Gasteiger partial charge in [0.2, 0.25) is 0 Å². The van der Waals surface area contributed by atoms with Crippen LogP contribution >= 0.6 is 0 Å². The molecule has 2 unspecified atom stereocenters. The van der Waals surface area contributed by atoms with Crippen molar-refractivity contribution in [2.24, 2.45) is 0 Å². The Morgan fingerprint density at radius 1 is 1.38 bits per heavy atom. The van der Waals surface area contributed by atoms with Crippen molar-refractivity contribution >= 4 is 5.84 Å². The first-order chi connectivity index (χ1) is 7.70. The van der Waals surface area contributed by atoms with Gasteiger partial charge in [-0.25, -0.2) is 0 Å². The molecule has 0 amide bonds. The van der Waals surface area contributed by atoms with Crippen molar-refractivity contribution in [1.29, 1.82) is 5.41 Å². The summed E-state index contributed by atoms with van der Waals surface area (Å²) in [6, 6.07) is 10.2. The van der Waals surface area contributed by atoms with E-state index in [0.717, 1.165) is 18.6 Å². The van der Waals surface area contributed by atoms with Crippen LogP contribution in [0.2, 0.25) is 0 Å². The van der Waals surface area contributed by atoms with Crippen LogP contribution in [0.3, 0.4) is 0 Å². The first kappa shape index (κ1) is 11.1. The van der Waals surface area contributed by atoms with E-state index < -0.39 is 0 Å². The molecule has 1 aromatic carbocycles. The molecule has 0 bridgehead atoms. The van der Waals surface area contributed by atoms with Crippen LogP contribution in [0, 0.1) is 5.41 Å². The fourth-order valence-electron chi connectivity index (χ4n) is 2.19. The Labute approximate surface area is 96.5 Å². The molecule has 0 aromatic heterocycles. The van der Waals surface area contributed by atoms with E-state index in [4.69, 9.17) is 10.1 Å². The number of hydrogen-bond donors (Lipinski definition) is 1. The van der Waals surface area contributed by atoms with Crippen LogP contribution in [0.25, 0.3) is 0 Å². The predicted octanol–water partition coefficient (Wildman–Crippen LogP) is 2.12. The van der Waals surface area contributed by atoms with E-state index in [9.17, 15) is 0 Å². The van der Waals surface area contributed by atoms with Gasteiger partial charge in [-0.2, -0.15) is 0 Å². The predicted molar refractivity (Wildman–Crippen MR) is 64.9 cm³/mol. The maximum Gasteiger partial charge on any atom is 0.128 e. The molecule has 3 heteroatoms. The van der Waals surface area contributed by atoms with Gasteiger partial charge in [-0.15, -0.1) is 0 Å². The van der Waals surface area contributed by atoms with Gasteiger partial charge in [0.1, 0.15) is 5.84 Å². The summed E-state index contributed by atoms with van der Waals surface area (Å²) in [6.07, 6.45) is 1.22. The van der Waals surface area contributed by atoms with Gasteiger partial charge >= 0.3 is 0 Å². The van der Waals surface area contributed by atoms with Crippen LogP contribution in [0.4, 0.5) is 0 Å². The molecule has 0 aliphatic carbocycles. The third-order valence-corrected chi connectivity index (χ3v) is 3.23. The number of benzene rings is 1. The van der Waals surface area contributed by atoms with Gasteiger partial charge in [0.15, 0.2) is 0 Å². The number of hydrogen-bond acceptors (Lipinski definition) is 2. The minimum Gasteiger partial charge on any atom is -0.376 e. The summed E-state index contributed by atoms with van der Waals surface area (Å²) in [5, 5.41) is 8.16. The number of rotatable bonds is 2. The van der Waals surface area contributed by atoms with Crippen molar-refractivity contribution in [3.05, 3.63) is 35.9 Å². The van der Waals surface area contributed by atoms with Crippen molar-refractivity contribution in [3.63, 3.8) is 0 Å². The van der Waals surface area contributed by atoms with Crippen LogP contribution < -0.4 is 0 Å². The van der Waals surface area contributed by atoms with Gasteiger partial charge in [-0.05, 0) is 13.3 Å². The Morgan fingerprint density at radius 3 is 2.62 bits per heavy atom. The first-order valence-corrected chi connectivity index (χ1v) is 5.68. The van der Waals surface area contributed by atoms with Crippen molar-refractivity contribution in [2.45, 2.75) is 25.5 Å². The van der Waals surface area contributed by atoms with E-state index in [2.05, 4.69) is 6.92 Å².